The van der Waals surface area contributed by atoms with Crippen molar-refractivity contribution < 1.29 is 34.2 Å². The number of carbonyl (C=O) groups excluding carboxylic acids is 2. The largest absolute Gasteiger partial charge is 0.451 e. The van der Waals surface area contributed by atoms with Crippen LogP contribution in [0.4, 0.5) is 0 Å². The van der Waals surface area contributed by atoms with Gasteiger partial charge in [0.25, 0.3) is 0 Å². The van der Waals surface area contributed by atoms with E-state index in [0.29, 0.717) is 17.7 Å². The monoisotopic (exact) mass is 471 g/mol. The van der Waals surface area contributed by atoms with Crippen LogP contribution >= 0.6 is 0 Å². The molecule has 0 aromatic carbocycles. The number of allylic oxidation sites excluding steroid dienone is 1. The number of aromatic nitrogens is 1. The van der Waals surface area contributed by atoms with Crippen LogP contribution in [-0.4, -0.2) is 56.6 Å². The van der Waals surface area contributed by atoms with Gasteiger partial charge in [0.2, 0.25) is 0 Å². The van der Waals surface area contributed by atoms with E-state index >= 15 is 0 Å². The van der Waals surface area contributed by atoms with Crippen LogP contribution in [0.3, 0.4) is 0 Å². The number of hydrogen-bond donors (Lipinski definition) is 3. The molecule has 0 radical (unpaired) electrons. The first-order valence-corrected chi connectivity index (χ1v) is 11.9. The molecule has 1 aromatic rings. The summed E-state index contributed by atoms with van der Waals surface area (Å²) in [6.45, 7) is 10.6. The molecular formula is C26H33NO7. The Morgan fingerprint density at radius 3 is 2.56 bits per heavy atom. The number of Topliss-reactive ketones (excluding diaryl/α,β-unsaturated/α-hetero) is 1. The van der Waals surface area contributed by atoms with Gasteiger partial charge in [-0.1, -0.05) is 38.1 Å². The van der Waals surface area contributed by atoms with Crippen LogP contribution in [0.15, 0.2) is 27.8 Å². The first kappa shape index (κ1) is 23.5. The smallest absolute Gasteiger partial charge is 0.344 e. The zero-order valence-electron chi connectivity index (χ0n) is 20.5. The average Bonchev–Trinajstić information content (AvgIpc) is 3.05. The molecule has 1 heterocycles. The van der Waals surface area contributed by atoms with Gasteiger partial charge in [0.05, 0.1) is 17.7 Å². The fourth-order valence-corrected chi connectivity index (χ4v) is 7.53. The van der Waals surface area contributed by atoms with E-state index in [1.165, 1.54) is 0 Å². The van der Waals surface area contributed by atoms with Gasteiger partial charge in [0.1, 0.15) is 17.4 Å². The molecule has 0 unspecified atom stereocenters. The van der Waals surface area contributed by atoms with Crippen molar-refractivity contribution in [2.24, 2.45) is 34.5 Å². The molecule has 5 rings (SSSR count). The van der Waals surface area contributed by atoms with Gasteiger partial charge in [-0.15, -0.1) is 0 Å². The van der Waals surface area contributed by atoms with E-state index < -0.39 is 41.7 Å². The predicted octanol–water partition coefficient (Wildman–Crippen LogP) is 2.28. The Morgan fingerprint density at radius 1 is 1.29 bits per heavy atom. The van der Waals surface area contributed by atoms with Gasteiger partial charge in [0.15, 0.2) is 17.5 Å². The Labute approximate surface area is 198 Å². The fourth-order valence-electron chi connectivity index (χ4n) is 7.53. The van der Waals surface area contributed by atoms with Crippen molar-refractivity contribution in [3.8, 4) is 0 Å². The summed E-state index contributed by atoms with van der Waals surface area (Å²) in [7, 11) is 0. The number of aliphatic hydroxyl groups excluding tert-OH is 2. The van der Waals surface area contributed by atoms with Crippen LogP contribution in [0.5, 0.6) is 0 Å². The molecule has 4 aliphatic carbocycles. The van der Waals surface area contributed by atoms with Gasteiger partial charge in [-0.25, -0.2) is 4.79 Å². The number of hydrogen-bond acceptors (Lipinski definition) is 8. The SMILES string of the molecule is CC1=C[C@]23C(=O)[C@@H](C=C(CO)[C@@H](O)[C@]2(O)[C@H]1OC(=O)c1c(C)noc1C)[C@H]1[C@@H](C[C@H]3C)C1(C)C. The fraction of sp³-hybridized carbons (Fsp3) is 0.654. The lowest BCUT2D eigenvalue weighted by molar-refractivity contribution is -0.190. The number of fused-ring (bicyclic) bond motifs is 3. The van der Waals surface area contributed by atoms with Crippen LogP contribution in [-0.2, 0) is 9.53 Å². The number of ketones is 1. The summed E-state index contributed by atoms with van der Waals surface area (Å²) in [6, 6.07) is 0. The van der Waals surface area contributed by atoms with Crippen molar-refractivity contribution >= 4 is 11.8 Å². The van der Waals surface area contributed by atoms with E-state index in [-0.39, 0.29) is 45.8 Å². The lowest BCUT2D eigenvalue weighted by Crippen LogP contribution is -2.65. The molecule has 3 N–H and O–H groups in total. The highest BCUT2D eigenvalue weighted by Crippen LogP contribution is 2.71. The third-order valence-corrected chi connectivity index (χ3v) is 9.36. The van der Waals surface area contributed by atoms with E-state index in [2.05, 4.69) is 19.0 Å². The van der Waals surface area contributed by atoms with Gasteiger partial charge in [-0.05, 0) is 61.5 Å². The van der Waals surface area contributed by atoms with Crippen LogP contribution < -0.4 is 0 Å². The zero-order chi connectivity index (χ0) is 25.0. The third-order valence-electron chi connectivity index (χ3n) is 9.36. The summed E-state index contributed by atoms with van der Waals surface area (Å²) in [5.41, 5.74) is -2.49. The summed E-state index contributed by atoms with van der Waals surface area (Å²) in [5, 5.41) is 37.9. The number of esters is 1. The van der Waals surface area contributed by atoms with Gasteiger partial charge in [-0.2, -0.15) is 0 Å². The molecule has 8 nitrogen and oxygen atoms in total. The zero-order valence-corrected chi connectivity index (χ0v) is 20.5. The molecule has 2 fully saturated rings. The maximum absolute atomic E-state index is 14.3. The minimum Gasteiger partial charge on any atom is -0.451 e. The Hall–Kier alpha value is -2.29. The molecule has 1 spiro atoms. The topological polar surface area (TPSA) is 130 Å². The molecule has 0 amide bonds. The van der Waals surface area contributed by atoms with E-state index in [4.69, 9.17) is 9.26 Å². The Kier molecular flexibility index (Phi) is 4.91. The predicted molar refractivity (Wildman–Crippen MR) is 121 cm³/mol. The lowest BCUT2D eigenvalue weighted by Gasteiger charge is -2.48. The van der Waals surface area contributed by atoms with E-state index in [1.807, 2.05) is 6.92 Å². The molecule has 8 heteroatoms. The summed E-state index contributed by atoms with van der Waals surface area (Å²) in [6.07, 6.45) is 1.19. The average molecular weight is 472 g/mol. The summed E-state index contributed by atoms with van der Waals surface area (Å²) < 4.78 is 10.9. The van der Waals surface area contributed by atoms with Crippen LogP contribution in [0, 0.1) is 48.3 Å². The number of aryl methyl sites for hydroxylation is 2. The van der Waals surface area contributed by atoms with Gasteiger partial charge < -0.3 is 24.6 Å². The molecule has 2 bridgehead atoms. The quantitative estimate of drug-likeness (QED) is 0.452. The molecule has 4 aliphatic rings. The highest BCUT2D eigenvalue weighted by Gasteiger charge is 2.76. The van der Waals surface area contributed by atoms with Crippen LogP contribution in [0.25, 0.3) is 0 Å². The minimum absolute atomic E-state index is 0.0484. The molecule has 8 atom stereocenters. The summed E-state index contributed by atoms with van der Waals surface area (Å²) in [4.78, 5) is 27.5. The maximum atomic E-state index is 14.3. The van der Waals surface area contributed by atoms with Gasteiger partial charge in [0, 0.05) is 5.92 Å². The van der Waals surface area contributed by atoms with Crippen molar-refractivity contribution in [2.75, 3.05) is 6.61 Å². The van der Waals surface area contributed by atoms with E-state index in [0.717, 1.165) is 0 Å². The van der Waals surface area contributed by atoms with Crippen molar-refractivity contribution in [1.29, 1.82) is 0 Å². The number of carbonyl (C=O) groups is 2. The van der Waals surface area contributed by atoms with Crippen molar-refractivity contribution in [1.82, 2.24) is 5.16 Å². The van der Waals surface area contributed by atoms with Gasteiger partial charge in [-0.3, -0.25) is 4.79 Å². The summed E-state index contributed by atoms with van der Waals surface area (Å²) >= 11 is 0. The Balaban J connectivity index is 1.65. The van der Waals surface area contributed by atoms with Crippen molar-refractivity contribution in [2.45, 2.75) is 65.8 Å². The second-order valence-electron chi connectivity index (χ2n) is 11.3. The normalized spacial score (nSPS) is 42.1. The standard InChI is InChI=1S/C26H33NO7/c1-11-9-25-12(2)7-17-19(24(17,5)6)16(21(25)30)8-15(10-28)20(29)26(25,32)22(11)33-23(31)18-13(3)27-34-14(18)4/h8-9,12,16-17,19-20,22,28-29,32H,7,10H2,1-6H3/t12-,16+,17-,19+,20-,22+,25+,26+/m1/s1. The van der Waals surface area contributed by atoms with E-state index in [9.17, 15) is 24.9 Å². The van der Waals surface area contributed by atoms with Crippen LogP contribution in [0.1, 0.15) is 55.9 Å². The molecule has 34 heavy (non-hydrogen) atoms. The molecule has 2 saturated carbocycles. The highest BCUT2D eigenvalue weighted by molar-refractivity contribution is 5.96. The molecular weight excluding hydrogens is 438 g/mol. The molecule has 0 saturated heterocycles. The summed E-state index contributed by atoms with van der Waals surface area (Å²) in [5.74, 6) is -1.17. The number of ether oxygens (including phenoxy) is 1. The second kappa shape index (κ2) is 7.12. The lowest BCUT2D eigenvalue weighted by atomic mass is 9.59. The third kappa shape index (κ3) is 2.62. The minimum atomic E-state index is -2.16. The Bertz CT molecular complexity index is 1130. The molecule has 184 valence electrons. The second-order valence-corrected chi connectivity index (χ2v) is 11.3. The molecule has 1 aromatic heterocycles. The highest BCUT2D eigenvalue weighted by atomic mass is 16.6. The number of nitrogens with zero attached hydrogens (tertiary/aromatic N) is 1. The first-order chi connectivity index (χ1) is 15.8. The van der Waals surface area contributed by atoms with E-state index in [1.54, 1.807) is 32.9 Å². The van der Waals surface area contributed by atoms with Crippen molar-refractivity contribution in [3.63, 3.8) is 0 Å². The van der Waals surface area contributed by atoms with Crippen LogP contribution in [0.2, 0.25) is 0 Å². The first-order valence-electron chi connectivity index (χ1n) is 11.9. The maximum Gasteiger partial charge on any atom is 0.344 e. The van der Waals surface area contributed by atoms with Crippen molar-refractivity contribution in [3.05, 3.63) is 40.3 Å². The molecule has 0 aliphatic heterocycles. The number of rotatable bonds is 3. The Morgan fingerprint density at radius 2 is 1.97 bits per heavy atom. The number of aliphatic hydroxyl groups is 3. The van der Waals surface area contributed by atoms with Gasteiger partial charge >= 0.3 is 5.97 Å².